The molecule has 0 spiro atoms. The van der Waals surface area contributed by atoms with Crippen molar-refractivity contribution in [1.29, 1.82) is 0 Å². The molecule has 0 unspecified atom stereocenters. The van der Waals surface area contributed by atoms with Crippen LogP contribution in [0.5, 0.6) is 0 Å². The van der Waals surface area contributed by atoms with Gasteiger partial charge in [-0.25, -0.2) is 4.98 Å². The number of aryl methyl sites for hydroxylation is 1. The number of carbonyl (C=O) groups is 1. The largest absolute Gasteiger partial charge is 0.351 e. The summed E-state index contributed by atoms with van der Waals surface area (Å²) in [6, 6.07) is 0. The fourth-order valence-electron chi connectivity index (χ4n) is 0.904. The minimum absolute atomic E-state index is 0.0477. The predicted octanol–water partition coefficient (Wildman–Crippen LogP) is 0.530. The van der Waals surface area contributed by atoms with Crippen LogP contribution in [0.4, 0.5) is 0 Å². The van der Waals surface area contributed by atoms with Crippen molar-refractivity contribution < 1.29 is 4.79 Å². The molecule has 1 aromatic heterocycles. The summed E-state index contributed by atoms with van der Waals surface area (Å²) in [6.07, 6.45) is 0.809. The number of nitrogens with zero attached hydrogens (tertiary/aromatic N) is 1. The first-order valence-corrected chi connectivity index (χ1v) is 5.02. The van der Waals surface area contributed by atoms with E-state index in [1.54, 1.807) is 5.51 Å². The number of hydrogen-bond donors (Lipinski definition) is 2. The van der Waals surface area contributed by atoms with Crippen molar-refractivity contribution in [2.24, 2.45) is 5.73 Å². The molecule has 0 bridgehead atoms. The molecule has 1 rings (SSSR count). The van der Waals surface area contributed by atoms with Gasteiger partial charge in [0.1, 0.15) is 4.88 Å². The molecule has 1 heterocycles. The quantitative estimate of drug-likeness (QED) is 0.695. The van der Waals surface area contributed by atoms with E-state index in [-0.39, 0.29) is 5.91 Å². The molecule has 3 N–H and O–H groups in total. The molecule has 0 aromatic carbocycles. The number of hydrogen-bond acceptors (Lipinski definition) is 4. The van der Waals surface area contributed by atoms with E-state index >= 15 is 0 Å². The molecule has 4 nitrogen and oxygen atoms in total. The second kappa shape index (κ2) is 4.94. The minimum atomic E-state index is -0.0477. The zero-order valence-corrected chi connectivity index (χ0v) is 8.36. The Kier molecular flexibility index (Phi) is 3.85. The monoisotopic (exact) mass is 199 g/mol. The van der Waals surface area contributed by atoms with Crippen LogP contribution in [0.25, 0.3) is 0 Å². The fraction of sp³-hybridized carbons (Fsp3) is 0.500. The molecule has 0 saturated carbocycles. The van der Waals surface area contributed by atoms with Crippen molar-refractivity contribution in [3.05, 3.63) is 16.1 Å². The number of amides is 1. The number of nitrogens with two attached hydrogens (primary N) is 1. The highest BCUT2D eigenvalue weighted by molar-refractivity contribution is 7.11. The van der Waals surface area contributed by atoms with E-state index in [1.165, 1.54) is 11.3 Å². The average Bonchev–Trinajstić information content (AvgIpc) is 2.52. The molecule has 0 saturated heterocycles. The third kappa shape index (κ3) is 2.78. The number of rotatable bonds is 4. The standard InChI is InChI=1S/C8H13N3OS/c1-6-7(13-5-11-6)8(12)10-4-2-3-9/h5H,2-4,9H2,1H3,(H,10,12). The second-order valence-corrected chi connectivity index (χ2v) is 3.52. The summed E-state index contributed by atoms with van der Waals surface area (Å²) in [7, 11) is 0. The second-order valence-electron chi connectivity index (χ2n) is 2.67. The normalized spacial score (nSPS) is 10.0. The van der Waals surface area contributed by atoms with Crippen molar-refractivity contribution >= 4 is 17.2 Å². The van der Waals surface area contributed by atoms with Gasteiger partial charge >= 0.3 is 0 Å². The van der Waals surface area contributed by atoms with Crippen LogP contribution in [0.1, 0.15) is 21.8 Å². The van der Waals surface area contributed by atoms with Gasteiger partial charge in [0.2, 0.25) is 0 Å². The third-order valence-corrected chi connectivity index (χ3v) is 2.55. The van der Waals surface area contributed by atoms with E-state index in [1.807, 2.05) is 6.92 Å². The molecular weight excluding hydrogens is 186 g/mol. The highest BCUT2D eigenvalue weighted by atomic mass is 32.1. The lowest BCUT2D eigenvalue weighted by Gasteiger charge is -2.01. The average molecular weight is 199 g/mol. The van der Waals surface area contributed by atoms with Gasteiger partial charge in [0, 0.05) is 6.54 Å². The molecule has 5 heteroatoms. The highest BCUT2D eigenvalue weighted by Crippen LogP contribution is 2.11. The first kappa shape index (κ1) is 10.1. The van der Waals surface area contributed by atoms with Gasteiger partial charge in [-0.1, -0.05) is 0 Å². The summed E-state index contributed by atoms with van der Waals surface area (Å²) in [5.41, 5.74) is 7.76. The Bertz CT molecular complexity index is 285. The predicted molar refractivity (Wildman–Crippen MR) is 52.9 cm³/mol. The van der Waals surface area contributed by atoms with Gasteiger partial charge in [0.25, 0.3) is 5.91 Å². The van der Waals surface area contributed by atoms with Crippen LogP contribution in [0.3, 0.4) is 0 Å². The van der Waals surface area contributed by atoms with Gasteiger partial charge in [-0.2, -0.15) is 0 Å². The molecule has 13 heavy (non-hydrogen) atoms. The van der Waals surface area contributed by atoms with E-state index in [0.29, 0.717) is 18.0 Å². The Morgan fingerprint density at radius 3 is 3.08 bits per heavy atom. The first-order chi connectivity index (χ1) is 6.25. The Labute approximate surface area is 81.2 Å². The molecule has 0 radical (unpaired) electrons. The molecule has 1 aromatic rings. The lowest BCUT2D eigenvalue weighted by Crippen LogP contribution is -2.25. The number of aromatic nitrogens is 1. The summed E-state index contributed by atoms with van der Waals surface area (Å²) < 4.78 is 0. The molecule has 72 valence electrons. The molecule has 1 amide bonds. The highest BCUT2D eigenvalue weighted by Gasteiger charge is 2.09. The fourth-order valence-corrected chi connectivity index (χ4v) is 1.62. The molecule has 0 aliphatic heterocycles. The van der Waals surface area contributed by atoms with Crippen LogP contribution in [-0.2, 0) is 0 Å². The third-order valence-electron chi connectivity index (χ3n) is 1.62. The van der Waals surface area contributed by atoms with Crippen molar-refractivity contribution in [3.63, 3.8) is 0 Å². The SMILES string of the molecule is Cc1ncsc1C(=O)NCCCN. The van der Waals surface area contributed by atoms with Crippen LogP contribution in [-0.4, -0.2) is 24.0 Å². The Balaban J connectivity index is 2.45. The van der Waals surface area contributed by atoms with E-state index in [2.05, 4.69) is 10.3 Å². The van der Waals surface area contributed by atoms with E-state index < -0.39 is 0 Å². The van der Waals surface area contributed by atoms with E-state index in [9.17, 15) is 4.79 Å². The van der Waals surface area contributed by atoms with Crippen molar-refractivity contribution in [2.45, 2.75) is 13.3 Å². The molecule has 0 aliphatic carbocycles. The van der Waals surface area contributed by atoms with Crippen molar-refractivity contribution in [1.82, 2.24) is 10.3 Å². The smallest absolute Gasteiger partial charge is 0.263 e. The molecule has 0 fully saturated rings. The lowest BCUT2D eigenvalue weighted by atomic mass is 10.3. The maximum Gasteiger partial charge on any atom is 0.263 e. The number of carbonyl (C=O) groups excluding carboxylic acids is 1. The van der Waals surface area contributed by atoms with Crippen LogP contribution >= 0.6 is 11.3 Å². The molecule has 0 aliphatic rings. The zero-order valence-electron chi connectivity index (χ0n) is 7.54. The van der Waals surface area contributed by atoms with Crippen LogP contribution < -0.4 is 11.1 Å². The summed E-state index contributed by atoms with van der Waals surface area (Å²) >= 11 is 1.36. The van der Waals surface area contributed by atoms with Gasteiger partial charge in [0.05, 0.1) is 11.2 Å². The van der Waals surface area contributed by atoms with Crippen molar-refractivity contribution in [2.75, 3.05) is 13.1 Å². The maximum atomic E-state index is 11.4. The number of thiazole rings is 1. The van der Waals surface area contributed by atoms with Crippen LogP contribution in [0.2, 0.25) is 0 Å². The van der Waals surface area contributed by atoms with Gasteiger partial charge in [-0.15, -0.1) is 11.3 Å². The lowest BCUT2D eigenvalue weighted by molar-refractivity contribution is 0.0957. The number of nitrogens with one attached hydrogen (secondary N) is 1. The Morgan fingerprint density at radius 1 is 1.77 bits per heavy atom. The zero-order chi connectivity index (χ0) is 9.68. The van der Waals surface area contributed by atoms with E-state index in [0.717, 1.165) is 12.1 Å². The van der Waals surface area contributed by atoms with Gasteiger partial charge in [-0.3, -0.25) is 4.79 Å². The molecular formula is C8H13N3OS. The topological polar surface area (TPSA) is 68.0 Å². The Hall–Kier alpha value is -0.940. The summed E-state index contributed by atoms with van der Waals surface area (Å²) in [6.45, 7) is 3.06. The summed E-state index contributed by atoms with van der Waals surface area (Å²) in [4.78, 5) is 16.1. The summed E-state index contributed by atoms with van der Waals surface area (Å²) in [5, 5.41) is 2.78. The van der Waals surface area contributed by atoms with Crippen molar-refractivity contribution in [3.8, 4) is 0 Å². The van der Waals surface area contributed by atoms with Crippen LogP contribution in [0.15, 0.2) is 5.51 Å². The Morgan fingerprint density at radius 2 is 2.54 bits per heavy atom. The van der Waals surface area contributed by atoms with Gasteiger partial charge in [-0.05, 0) is 19.9 Å². The van der Waals surface area contributed by atoms with Gasteiger partial charge in [0.15, 0.2) is 0 Å². The molecule has 0 atom stereocenters. The summed E-state index contributed by atoms with van der Waals surface area (Å²) in [5.74, 6) is -0.0477. The van der Waals surface area contributed by atoms with Crippen LogP contribution in [0, 0.1) is 6.92 Å². The van der Waals surface area contributed by atoms with E-state index in [4.69, 9.17) is 5.73 Å². The van der Waals surface area contributed by atoms with Gasteiger partial charge < -0.3 is 11.1 Å². The minimum Gasteiger partial charge on any atom is -0.351 e. The maximum absolute atomic E-state index is 11.4. The first-order valence-electron chi connectivity index (χ1n) is 4.14.